The molecule has 5 heteroatoms. The molecule has 2 aromatic carbocycles. The fourth-order valence-corrected chi connectivity index (χ4v) is 4.18. The van der Waals surface area contributed by atoms with E-state index in [1.54, 1.807) is 7.11 Å². The standard InChI is InChI=1S/C21H23BrO4/c1-12(2)8-9-21(24)16-11-14-13(6-5-7-17(14)25-3)10-15(16)19(26-4)18(22)20(21)23/h5-7,10-12,24H,8-9H2,1-4H3/t21-/m1/s1. The van der Waals surface area contributed by atoms with Gasteiger partial charge in [-0.25, -0.2) is 0 Å². The highest BCUT2D eigenvalue weighted by molar-refractivity contribution is 9.12. The molecule has 4 nitrogen and oxygen atoms in total. The van der Waals surface area contributed by atoms with Crippen molar-refractivity contribution in [2.45, 2.75) is 32.3 Å². The maximum Gasteiger partial charge on any atom is 0.209 e. The van der Waals surface area contributed by atoms with Crippen LogP contribution in [0.2, 0.25) is 0 Å². The van der Waals surface area contributed by atoms with Gasteiger partial charge in [0.05, 0.1) is 14.2 Å². The second-order valence-electron chi connectivity index (χ2n) is 7.05. The average Bonchev–Trinajstić information content (AvgIpc) is 2.63. The highest BCUT2D eigenvalue weighted by Gasteiger charge is 2.46. The van der Waals surface area contributed by atoms with Crippen molar-refractivity contribution in [2.75, 3.05) is 14.2 Å². The van der Waals surface area contributed by atoms with E-state index in [4.69, 9.17) is 9.47 Å². The normalized spacial score (nSPS) is 19.9. The van der Waals surface area contributed by atoms with Crippen LogP contribution in [0.15, 0.2) is 34.8 Å². The molecule has 3 rings (SSSR count). The van der Waals surface area contributed by atoms with Crippen LogP contribution >= 0.6 is 15.9 Å². The third-order valence-corrected chi connectivity index (χ3v) is 5.67. The minimum atomic E-state index is -1.59. The summed E-state index contributed by atoms with van der Waals surface area (Å²) in [6, 6.07) is 9.57. The maximum atomic E-state index is 13.0. The molecule has 0 amide bonds. The van der Waals surface area contributed by atoms with Gasteiger partial charge in [-0.1, -0.05) is 26.0 Å². The SMILES string of the molecule is COC1=C(Br)C(=O)[C@@](O)(CCC(C)C)c2cc3c(OC)cccc3cc21. The van der Waals surface area contributed by atoms with E-state index >= 15 is 0 Å². The highest BCUT2D eigenvalue weighted by Crippen LogP contribution is 2.46. The molecule has 0 aliphatic heterocycles. The first-order chi connectivity index (χ1) is 12.3. The summed E-state index contributed by atoms with van der Waals surface area (Å²) in [5, 5.41) is 13.3. The number of carbonyl (C=O) groups excluding carboxylic acids is 1. The van der Waals surface area contributed by atoms with Crippen LogP contribution in [0.25, 0.3) is 16.5 Å². The first-order valence-corrected chi connectivity index (χ1v) is 9.45. The molecule has 1 N–H and O–H groups in total. The van der Waals surface area contributed by atoms with E-state index in [0.29, 0.717) is 29.4 Å². The van der Waals surface area contributed by atoms with Gasteiger partial charge < -0.3 is 14.6 Å². The number of hydrogen-bond donors (Lipinski definition) is 1. The molecule has 2 aromatic rings. The predicted octanol–water partition coefficient (Wildman–Crippen LogP) is 4.76. The van der Waals surface area contributed by atoms with E-state index in [1.165, 1.54) is 7.11 Å². The third kappa shape index (κ3) is 2.93. The number of ether oxygens (including phenoxy) is 2. The summed E-state index contributed by atoms with van der Waals surface area (Å²) in [6.45, 7) is 4.15. The molecule has 0 saturated heterocycles. The van der Waals surface area contributed by atoms with Gasteiger partial charge >= 0.3 is 0 Å². The second kappa shape index (κ2) is 7.05. The smallest absolute Gasteiger partial charge is 0.209 e. The number of carbonyl (C=O) groups is 1. The number of aliphatic hydroxyl groups is 1. The number of Topliss-reactive ketones (excluding diaryl/α,β-unsaturated/α-hetero) is 1. The number of fused-ring (bicyclic) bond motifs is 2. The number of halogens is 1. The molecule has 0 bridgehead atoms. The molecule has 1 atom stereocenters. The predicted molar refractivity (Wildman–Crippen MR) is 106 cm³/mol. The fraction of sp³-hybridized carbons (Fsp3) is 0.381. The Bertz CT molecular complexity index is 900. The molecule has 0 unspecified atom stereocenters. The molecule has 1 aliphatic rings. The Morgan fingerprint density at radius 2 is 1.92 bits per heavy atom. The van der Waals surface area contributed by atoms with Crippen LogP contribution in [0.5, 0.6) is 5.75 Å². The van der Waals surface area contributed by atoms with Crippen LogP contribution in [-0.2, 0) is 15.1 Å². The lowest BCUT2D eigenvalue weighted by Crippen LogP contribution is -2.40. The molecular formula is C21H23BrO4. The van der Waals surface area contributed by atoms with E-state index in [-0.39, 0.29) is 10.3 Å². The van der Waals surface area contributed by atoms with Crippen LogP contribution < -0.4 is 4.74 Å². The van der Waals surface area contributed by atoms with Crippen molar-refractivity contribution in [2.24, 2.45) is 5.92 Å². The van der Waals surface area contributed by atoms with Crippen molar-refractivity contribution in [3.05, 3.63) is 45.9 Å². The van der Waals surface area contributed by atoms with Crippen molar-refractivity contribution in [1.29, 1.82) is 0 Å². The van der Waals surface area contributed by atoms with E-state index in [2.05, 4.69) is 29.8 Å². The van der Waals surface area contributed by atoms with Gasteiger partial charge in [-0.2, -0.15) is 0 Å². The van der Waals surface area contributed by atoms with Crippen LogP contribution in [-0.4, -0.2) is 25.1 Å². The molecule has 0 radical (unpaired) electrons. The van der Waals surface area contributed by atoms with Crippen molar-refractivity contribution in [3.63, 3.8) is 0 Å². The summed E-state index contributed by atoms with van der Waals surface area (Å²) >= 11 is 3.35. The Morgan fingerprint density at radius 3 is 2.54 bits per heavy atom. The molecule has 26 heavy (non-hydrogen) atoms. The number of methoxy groups -OCH3 is 2. The summed E-state index contributed by atoms with van der Waals surface area (Å²) in [4.78, 5) is 13.0. The summed E-state index contributed by atoms with van der Waals surface area (Å²) in [5.74, 6) is 1.16. The minimum Gasteiger partial charge on any atom is -0.496 e. The highest BCUT2D eigenvalue weighted by atomic mass is 79.9. The topological polar surface area (TPSA) is 55.8 Å². The largest absolute Gasteiger partial charge is 0.496 e. The average molecular weight is 419 g/mol. The lowest BCUT2D eigenvalue weighted by molar-refractivity contribution is -0.135. The molecule has 138 valence electrons. The van der Waals surface area contributed by atoms with Gasteiger partial charge in [-0.3, -0.25) is 4.79 Å². The van der Waals surface area contributed by atoms with Crippen molar-refractivity contribution >= 4 is 38.2 Å². The molecule has 0 saturated carbocycles. The Hall–Kier alpha value is -1.85. The summed E-state index contributed by atoms with van der Waals surface area (Å²) in [6.07, 6.45) is 1.08. The van der Waals surface area contributed by atoms with Crippen LogP contribution in [0.4, 0.5) is 0 Å². The molecule has 0 aromatic heterocycles. The van der Waals surface area contributed by atoms with Crippen LogP contribution in [0.1, 0.15) is 37.8 Å². The van der Waals surface area contributed by atoms with E-state index in [9.17, 15) is 9.90 Å². The molecule has 0 heterocycles. The van der Waals surface area contributed by atoms with Gasteiger partial charge in [0.25, 0.3) is 0 Å². The zero-order valence-corrected chi connectivity index (χ0v) is 17.0. The van der Waals surface area contributed by atoms with E-state index < -0.39 is 5.60 Å². The van der Waals surface area contributed by atoms with Crippen LogP contribution in [0.3, 0.4) is 0 Å². The molecule has 1 aliphatic carbocycles. The summed E-state index contributed by atoms with van der Waals surface area (Å²) < 4.78 is 11.2. The quantitative estimate of drug-likeness (QED) is 0.759. The van der Waals surface area contributed by atoms with E-state index in [1.807, 2.05) is 30.3 Å². The molecule has 0 fully saturated rings. The Morgan fingerprint density at radius 1 is 1.19 bits per heavy atom. The second-order valence-corrected chi connectivity index (χ2v) is 7.84. The number of benzene rings is 2. The van der Waals surface area contributed by atoms with Crippen molar-refractivity contribution in [3.8, 4) is 5.75 Å². The minimum absolute atomic E-state index is 0.279. The Kier molecular flexibility index (Phi) is 5.13. The lowest BCUT2D eigenvalue weighted by Gasteiger charge is -2.34. The molecular weight excluding hydrogens is 396 g/mol. The maximum absolute atomic E-state index is 13.0. The Balaban J connectivity index is 2.32. The van der Waals surface area contributed by atoms with Gasteiger partial charge in [0.2, 0.25) is 5.78 Å². The number of rotatable bonds is 5. The zero-order valence-electron chi connectivity index (χ0n) is 15.4. The first kappa shape index (κ1) is 18.9. The van der Waals surface area contributed by atoms with Gasteiger partial charge in [0.1, 0.15) is 16.0 Å². The monoisotopic (exact) mass is 418 g/mol. The van der Waals surface area contributed by atoms with Gasteiger partial charge in [-0.15, -0.1) is 0 Å². The molecule has 0 spiro atoms. The van der Waals surface area contributed by atoms with Crippen molar-refractivity contribution < 1.29 is 19.4 Å². The first-order valence-electron chi connectivity index (χ1n) is 8.66. The van der Waals surface area contributed by atoms with Crippen LogP contribution in [0, 0.1) is 5.92 Å². The zero-order chi connectivity index (χ0) is 19.1. The van der Waals surface area contributed by atoms with E-state index in [0.717, 1.165) is 22.8 Å². The third-order valence-electron chi connectivity index (χ3n) is 4.95. The fourth-order valence-electron chi connectivity index (χ4n) is 3.48. The number of hydrogen-bond acceptors (Lipinski definition) is 4. The van der Waals surface area contributed by atoms with Gasteiger partial charge in [0.15, 0.2) is 5.60 Å². The lowest BCUT2D eigenvalue weighted by atomic mass is 9.76. The summed E-state index contributed by atoms with van der Waals surface area (Å²) in [5.41, 5.74) is -0.290. The summed E-state index contributed by atoms with van der Waals surface area (Å²) in [7, 11) is 3.14. The van der Waals surface area contributed by atoms with Gasteiger partial charge in [0, 0.05) is 16.5 Å². The Labute approximate surface area is 161 Å². The van der Waals surface area contributed by atoms with Crippen molar-refractivity contribution in [1.82, 2.24) is 0 Å². The van der Waals surface area contributed by atoms with Gasteiger partial charge in [-0.05, 0) is 58.3 Å². The number of ketones is 1.